The van der Waals surface area contributed by atoms with Crippen molar-refractivity contribution in [1.29, 1.82) is 0 Å². The summed E-state index contributed by atoms with van der Waals surface area (Å²) in [6.07, 6.45) is 3.26. The fraction of sp³-hybridized carbons (Fsp3) is 0.308. The summed E-state index contributed by atoms with van der Waals surface area (Å²) >= 11 is 0. The van der Waals surface area contributed by atoms with Gasteiger partial charge in [-0.15, -0.1) is 0 Å². The van der Waals surface area contributed by atoms with Gasteiger partial charge in [-0.3, -0.25) is 0 Å². The Kier molecular flexibility index (Phi) is 1.91. The molecule has 19 heavy (non-hydrogen) atoms. The molecule has 0 saturated heterocycles. The van der Waals surface area contributed by atoms with Crippen LogP contribution in [0.4, 0.5) is 4.39 Å². The molecule has 0 aromatic carbocycles. The fourth-order valence-electron chi connectivity index (χ4n) is 2.98. The van der Waals surface area contributed by atoms with E-state index >= 15 is 0 Å². The van der Waals surface area contributed by atoms with Crippen LogP contribution in [0.2, 0.25) is 0 Å². The van der Waals surface area contributed by atoms with Crippen molar-refractivity contribution in [3.63, 3.8) is 0 Å². The standard InChI is InChI=1S/C13H10FN3O2/c14-10-2-1-7(5-15-10)17-12-8-3-6(8)4-9(12)11(16-17)13(18)19/h1-2,5-6,8H,3-4H2,(H,18,19)/t6-,8-/m1/s1. The Bertz CT molecular complexity index is 693. The van der Waals surface area contributed by atoms with Gasteiger partial charge in [0.25, 0.3) is 0 Å². The van der Waals surface area contributed by atoms with Gasteiger partial charge in [0, 0.05) is 11.5 Å². The summed E-state index contributed by atoms with van der Waals surface area (Å²) in [6, 6.07) is 2.82. The number of aromatic nitrogens is 3. The van der Waals surface area contributed by atoms with E-state index in [4.69, 9.17) is 0 Å². The van der Waals surface area contributed by atoms with Gasteiger partial charge >= 0.3 is 5.97 Å². The number of hydrogen-bond acceptors (Lipinski definition) is 3. The van der Waals surface area contributed by atoms with Crippen LogP contribution in [-0.4, -0.2) is 25.8 Å². The normalized spacial score (nSPS) is 23.0. The van der Waals surface area contributed by atoms with Crippen molar-refractivity contribution in [2.75, 3.05) is 0 Å². The largest absolute Gasteiger partial charge is 0.476 e. The highest BCUT2D eigenvalue weighted by molar-refractivity contribution is 5.88. The topological polar surface area (TPSA) is 68.0 Å². The number of hydrogen-bond donors (Lipinski definition) is 1. The second-order valence-electron chi connectivity index (χ2n) is 5.07. The number of fused-ring (bicyclic) bond motifs is 3. The first-order chi connectivity index (χ1) is 9.15. The van der Waals surface area contributed by atoms with Crippen LogP contribution in [0.5, 0.6) is 0 Å². The lowest BCUT2D eigenvalue weighted by atomic mass is 10.1. The summed E-state index contributed by atoms with van der Waals surface area (Å²) in [6.45, 7) is 0. The monoisotopic (exact) mass is 259 g/mol. The van der Waals surface area contributed by atoms with Gasteiger partial charge < -0.3 is 5.11 Å². The number of nitrogens with zero attached hydrogens (tertiary/aromatic N) is 3. The molecular formula is C13H10FN3O2. The third-order valence-corrected chi connectivity index (χ3v) is 3.92. The van der Waals surface area contributed by atoms with E-state index in [1.807, 2.05) is 0 Å². The first-order valence-electron chi connectivity index (χ1n) is 6.12. The summed E-state index contributed by atoms with van der Waals surface area (Å²) in [5.41, 5.74) is 2.53. The van der Waals surface area contributed by atoms with Crippen LogP contribution >= 0.6 is 0 Å². The Morgan fingerprint density at radius 1 is 1.47 bits per heavy atom. The van der Waals surface area contributed by atoms with Gasteiger partial charge in [0.1, 0.15) is 0 Å². The molecule has 4 rings (SSSR count). The van der Waals surface area contributed by atoms with Crippen LogP contribution < -0.4 is 0 Å². The van der Waals surface area contributed by atoms with E-state index in [0.717, 1.165) is 24.1 Å². The number of carboxylic acid groups (broad SMARTS) is 1. The molecule has 2 aliphatic rings. The average molecular weight is 259 g/mol. The summed E-state index contributed by atoms with van der Waals surface area (Å²) in [7, 11) is 0. The zero-order valence-electron chi connectivity index (χ0n) is 9.88. The van der Waals surface area contributed by atoms with Gasteiger partial charge in [0.15, 0.2) is 5.69 Å². The second-order valence-corrected chi connectivity index (χ2v) is 5.07. The molecule has 5 nitrogen and oxygen atoms in total. The lowest BCUT2D eigenvalue weighted by molar-refractivity contribution is 0.0688. The maximum absolute atomic E-state index is 12.9. The fourth-order valence-corrected chi connectivity index (χ4v) is 2.98. The summed E-state index contributed by atoms with van der Waals surface area (Å²) in [5, 5.41) is 13.4. The molecule has 96 valence electrons. The van der Waals surface area contributed by atoms with E-state index in [-0.39, 0.29) is 5.69 Å². The van der Waals surface area contributed by atoms with Crippen molar-refractivity contribution >= 4 is 5.97 Å². The summed E-state index contributed by atoms with van der Waals surface area (Å²) in [5.74, 6) is -0.604. The number of carboxylic acids is 1. The Balaban J connectivity index is 1.91. The van der Waals surface area contributed by atoms with Crippen LogP contribution in [0, 0.1) is 11.9 Å². The summed E-state index contributed by atoms with van der Waals surface area (Å²) in [4.78, 5) is 14.8. The van der Waals surface area contributed by atoms with E-state index in [2.05, 4.69) is 10.1 Å². The smallest absolute Gasteiger partial charge is 0.356 e. The van der Waals surface area contributed by atoms with Crippen molar-refractivity contribution in [2.24, 2.45) is 5.92 Å². The molecular weight excluding hydrogens is 249 g/mol. The van der Waals surface area contributed by atoms with Crippen LogP contribution in [0.25, 0.3) is 5.69 Å². The lowest BCUT2D eigenvalue weighted by Crippen LogP contribution is -2.04. The molecule has 1 fully saturated rings. The molecule has 1 saturated carbocycles. The van der Waals surface area contributed by atoms with Crippen molar-refractivity contribution in [3.8, 4) is 5.69 Å². The molecule has 2 aromatic heterocycles. The van der Waals surface area contributed by atoms with Crippen molar-refractivity contribution < 1.29 is 14.3 Å². The van der Waals surface area contributed by atoms with Crippen molar-refractivity contribution in [2.45, 2.75) is 18.8 Å². The average Bonchev–Trinajstić information content (AvgIpc) is 2.89. The maximum atomic E-state index is 12.9. The van der Waals surface area contributed by atoms with Crippen LogP contribution in [-0.2, 0) is 6.42 Å². The number of aromatic carboxylic acids is 1. The first-order valence-corrected chi connectivity index (χ1v) is 6.12. The zero-order chi connectivity index (χ0) is 13.1. The van der Waals surface area contributed by atoms with Crippen LogP contribution in [0.15, 0.2) is 18.3 Å². The number of carbonyl (C=O) groups is 1. The Hall–Kier alpha value is -2.24. The van der Waals surface area contributed by atoms with E-state index in [9.17, 15) is 14.3 Å². The van der Waals surface area contributed by atoms with E-state index in [1.54, 1.807) is 10.7 Å². The van der Waals surface area contributed by atoms with Crippen LogP contribution in [0.3, 0.4) is 0 Å². The molecule has 0 bridgehead atoms. The minimum atomic E-state index is -1.01. The number of pyridine rings is 1. The Labute approximate surface area is 107 Å². The van der Waals surface area contributed by atoms with Gasteiger partial charge in [-0.25, -0.2) is 14.5 Å². The molecule has 0 aliphatic heterocycles. The van der Waals surface area contributed by atoms with Gasteiger partial charge in [0.05, 0.1) is 17.6 Å². The van der Waals surface area contributed by atoms with Crippen molar-refractivity contribution in [3.05, 3.63) is 41.2 Å². The summed E-state index contributed by atoms with van der Waals surface area (Å²) < 4.78 is 14.5. The van der Waals surface area contributed by atoms with Gasteiger partial charge in [-0.1, -0.05) is 0 Å². The highest BCUT2D eigenvalue weighted by atomic mass is 19.1. The molecule has 6 heteroatoms. The van der Waals surface area contributed by atoms with Crippen LogP contribution in [0.1, 0.15) is 34.1 Å². The molecule has 2 aromatic rings. The first kappa shape index (κ1) is 10.7. The van der Waals surface area contributed by atoms with Gasteiger partial charge in [-0.05, 0) is 30.9 Å². The molecule has 0 radical (unpaired) electrons. The molecule has 0 amide bonds. The molecule has 2 aliphatic carbocycles. The Morgan fingerprint density at radius 2 is 2.32 bits per heavy atom. The van der Waals surface area contributed by atoms with Crippen molar-refractivity contribution in [1.82, 2.24) is 14.8 Å². The highest BCUT2D eigenvalue weighted by Gasteiger charge is 2.50. The third-order valence-electron chi connectivity index (χ3n) is 3.92. The molecule has 1 N–H and O–H groups in total. The minimum absolute atomic E-state index is 0.117. The lowest BCUT2D eigenvalue weighted by Gasteiger charge is -2.05. The maximum Gasteiger partial charge on any atom is 0.356 e. The van der Waals surface area contributed by atoms with E-state index < -0.39 is 11.9 Å². The van der Waals surface area contributed by atoms with E-state index in [1.165, 1.54) is 12.3 Å². The second kappa shape index (κ2) is 3.40. The van der Waals surface area contributed by atoms with Gasteiger partial charge in [0.2, 0.25) is 5.95 Å². The zero-order valence-corrected chi connectivity index (χ0v) is 9.88. The molecule has 2 heterocycles. The minimum Gasteiger partial charge on any atom is -0.476 e. The highest BCUT2D eigenvalue weighted by Crippen LogP contribution is 2.57. The predicted molar refractivity (Wildman–Crippen MR) is 62.8 cm³/mol. The molecule has 0 spiro atoms. The van der Waals surface area contributed by atoms with Gasteiger partial charge in [-0.2, -0.15) is 9.49 Å². The Morgan fingerprint density at radius 3 is 3.00 bits per heavy atom. The molecule has 2 atom stereocenters. The third kappa shape index (κ3) is 1.43. The SMILES string of the molecule is O=C(O)c1nn(-c2ccc(F)nc2)c2c1C[C@H]1C[C@@H]21. The predicted octanol–water partition coefficient (Wildman–Crippen LogP) is 1.76. The van der Waals surface area contributed by atoms with E-state index in [0.29, 0.717) is 17.5 Å². The number of halogens is 1. The quantitative estimate of drug-likeness (QED) is 0.834. The number of rotatable bonds is 2. The molecule has 0 unspecified atom stereocenters.